The van der Waals surface area contributed by atoms with Gasteiger partial charge in [0, 0.05) is 11.5 Å². The average molecular weight is 308 g/mol. The van der Waals surface area contributed by atoms with Gasteiger partial charge in [0.25, 0.3) is 0 Å². The van der Waals surface area contributed by atoms with Crippen LogP contribution in [0.2, 0.25) is 0 Å². The fourth-order valence-electron chi connectivity index (χ4n) is 3.07. The minimum atomic E-state index is -0.00947. The van der Waals surface area contributed by atoms with Gasteiger partial charge in [0.15, 0.2) is 5.78 Å². The molecule has 0 radical (unpaired) electrons. The summed E-state index contributed by atoms with van der Waals surface area (Å²) in [6.07, 6.45) is 8.51. The number of carbonyl (C=O) groups excluding carboxylic acids is 1. The Balaban J connectivity index is 2.00. The Bertz CT molecular complexity index is 559. The number of rotatable bonds is 10. The Hall–Kier alpha value is -1.89. The first-order valence-electron chi connectivity index (χ1n) is 8.97. The van der Waals surface area contributed by atoms with Crippen molar-refractivity contribution in [2.75, 3.05) is 0 Å². The Morgan fingerprint density at radius 3 is 2.00 bits per heavy atom. The Morgan fingerprint density at radius 1 is 0.783 bits per heavy atom. The highest BCUT2D eigenvalue weighted by molar-refractivity contribution is 6.00. The summed E-state index contributed by atoms with van der Waals surface area (Å²) in [5, 5.41) is 0. The van der Waals surface area contributed by atoms with Crippen molar-refractivity contribution in [2.24, 2.45) is 0 Å². The van der Waals surface area contributed by atoms with E-state index in [0.717, 1.165) is 24.0 Å². The largest absolute Gasteiger partial charge is 0.293 e. The summed E-state index contributed by atoms with van der Waals surface area (Å²) >= 11 is 0. The van der Waals surface area contributed by atoms with Crippen LogP contribution >= 0.6 is 0 Å². The molecule has 0 spiro atoms. The molecule has 0 fully saturated rings. The van der Waals surface area contributed by atoms with Crippen molar-refractivity contribution < 1.29 is 4.79 Å². The molecule has 0 N–H and O–H groups in total. The van der Waals surface area contributed by atoms with Crippen LogP contribution in [0.25, 0.3) is 0 Å². The minimum absolute atomic E-state index is 0.00947. The molecule has 2 aromatic rings. The first-order chi connectivity index (χ1) is 11.3. The van der Waals surface area contributed by atoms with Crippen LogP contribution in [-0.2, 0) is 0 Å². The minimum Gasteiger partial charge on any atom is -0.293 e. The monoisotopic (exact) mass is 308 g/mol. The number of ketones is 1. The Kier molecular flexibility index (Phi) is 7.59. The van der Waals surface area contributed by atoms with Gasteiger partial charge in [-0.15, -0.1) is 0 Å². The number of carbonyl (C=O) groups is 1. The maximum Gasteiger partial charge on any atom is 0.170 e. The van der Waals surface area contributed by atoms with Crippen LogP contribution in [0, 0.1) is 0 Å². The van der Waals surface area contributed by atoms with E-state index in [-0.39, 0.29) is 11.7 Å². The van der Waals surface area contributed by atoms with E-state index >= 15 is 0 Å². The van der Waals surface area contributed by atoms with Gasteiger partial charge in [-0.05, 0) is 12.0 Å². The quantitative estimate of drug-likeness (QED) is 0.366. The lowest BCUT2D eigenvalue weighted by molar-refractivity contribution is 0.0953. The van der Waals surface area contributed by atoms with Crippen molar-refractivity contribution in [3.05, 3.63) is 71.8 Å². The molecule has 1 heteroatoms. The van der Waals surface area contributed by atoms with Crippen molar-refractivity contribution in [2.45, 2.75) is 57.8 Å². The fourth-order valence-corrected chi connectivity index (χ4v) is 3.07. The summed E-state index contributed by atoms with van der Waals surface area (Å²) in [5.41, 5.74) is 1.97. The van der Waals surface area contributed by atoms with Gasteiger partial charge in [0.1, 0.15) is 0 Å². The lowest BCUT2D eigenvalue weighted by Crippen LogP contribution is -2.13. The summed E-state index contributed by atoms with van der Waals surface area (Å²) in [6, 6.07) is 20.0. The van der Waals surface area contributed by atoms with Crippen molar-refractivity contribution in [1.82, 2.24) is 0 Å². The zero-order valence-corrected chi connectivity index (χ0v) is 14.2. The molecular formula is C22H28O. The SMILES string of the molecule is CCCCCCCCC(C(=O)c1ccccc1)c1ccccc1. The molecule has 2 aromatic carbocycles. The lowest BCUT2D eigenvalue weighted by atomic mass is 9.86. The highest BCUT2D eigenvalue weighted by Gasteiger charge is 2.21. The molecule has 23 heavy (non-hydrogen) atoms. The molecule has 0 aliphatic carbocycles. The Morgan fingerprint density at radius 2 is 1.35 bits per heavy atom. The molecular weight excluding hydrogens is 280 g/mol. The van der Waals surface area contributed by atoms with Gasteiger partial charge < -0.3 is 0 Å². The zero-order chi connectivity index (χ0) is 16.3. The van der Waals surface area contributed by atoms with E-state index in [1.807, 2.05) is 48.5 Å². The van der Waals surface area contributed by atoms with E-state index in [9.17, 15) is 4.79 Å². The topological polar surface area (TPSA) is 17.1 Å². The zero-order valence-electron chi connectivity index (χ0n) is 14.2. The molecule has 1 atom stereocenters. The number of hydrogen-bond acceptors (Lipinski definition) is 1. The van der Waals surface area contributed by atoms with Crippen LogP contribution in [0.1, 0.15) is 73.7 Å². The third-order valence-corrected chi connectivity index (χ3v) is 4.42. The van der Waals surface area contributed by atoms with Crippen LogP contribution in [0.15, 0.2) is 60.7 Å². The lowest BCUT2D eigenvalue weighted by Gasteiger charge is -2.16. The van der Waals surface area contributed by atoms with Crippen LogP contribution in [-0.4, -0.2) is 5.78 Å². The number of Topliss-reactive ketones (excluding diaryl/α,β-unsaturated/α-hetero) is 1. The van der Waals surface area contributed by atoms with E-state index in [1.165, 1.54) is 32.1 Å². The van der Waals surface area contributed by atoms with E-state index in [4.69, 9.17) is 0 Å². The second-order valence-electron chi connectivity index (χ2n) is 6.25. The van der Waals surface area contributed by atoms with Gasteiger partial charge in [-0.2, -0.15) is 0 Å². The smallest absolute Gasteiger partial charge is 0.170 e. The summed E-state index contributed by atoms with van der Waals surface area (Å²) in [6.45, 7) is 2.24. The highest BCUT2D eigenvalue weighted by atomic mass is 16.1. The standard InChI is InChI=1S/C22H28O/c1-2-3-4-5-6-13-18-21(19-14-9-7-10-15-19)22(23)20-16-11-8-12-17-20/h7-12,14-17,21H,2-6,13,18H2,1H3. The van der Waals surface area contributed by atoms with Crippen LogP contribution in [0.5, 0.6) is 0 Å². The van der Waals surface area contributed by atoms with E-state index in [1.54, 1.807) is 0 Å². The summed E-state index contributed by atoms with van der Waals surface area (Å²) < 4.78 is 0. The fraction of sp³-hybridized carbons (Fsp3) is 0.409. The van der Waals surface area contributed by atoms with Gasteiger partial charge in [-0.1, -0.05) is 106 Å². The van der Waals surface area contributed by atoms with Gasteiger partial charge in [-0.25, -0.2) is 0 Å². The predicted octanol–water partition coefficient (Wildman–Crippen LogP) is 6.40. The number of unbranched alkanes of at least 4 members (excludes halogenated alkanes) is 5. The van der Waals surface area contributed by atoms with Gasteiger partial charge in [0.05, 0.1) is 0 Å². The summed E-state index contributed by atoms with van der Waals surface area (Å²) in [7, 11) is 0. The molecule has 0 heterocycles. The van der Waals surface area contributed by atoms with Crippen LogP contribution < -0.4 is 0 Å². The van der Waals surface area contributed by atoms with Gasteiger partial charge in [-0.3, -0.25) is 4.79 Å². The molecule has 0 aliphatic heterocycles. The van der Waals surface area contributed by atoms with Crippen molar-refractivity contribution >= 4 is 5.78 Å². The predicted molar refractivity (Wildman–Crippen MR) is 97.9 cm³/mol. The molecule has 0 aliphatic rings. The molecule has 122 valence electrons. The molecule has 0 saturated carbocycles. The maximum absolute atomic E-state index is 12.9. The maximum atomic E-state index is 12.9. The van der Waals surface area contributed by atoms with Crippen LogP contribution in [0.4, 0.5) is 0 Å². The van der Waals surface area contributed by atoms with E-state index < -0.39 is 0 Å². The molecule has 1 nitrogen and oxygen atoms in total. The highest BCUT2D eigenvalue weighted by Crippen LogP contribution is 2.27. The summed E-state index contributed by atoms with van der Waals surface area (Å²) in [4.78, 5) is 12.9. The third kappa shape index (κ3) is 5.67. The second kappa shape index (κ2) is 9.99. The Labute approximate surface area is 140 Å². The van der Waals surface area contributed by atoms with E-state index in [0.29, 0.717) is 0 Å². The molecule has 0 bridgehead atoms. The average Bonchev–Trinajstić information content (AvgIpc) is 2.62. The molecule has 0 aromatic heterocycles. The number of benzene rings is 2. The number of hydrogen-bond donors (Lipinski definition) is 0. The molecule has 1 unspecified atom stereocenters. The second-order valence-corrected chi connectivity index (χ2v) is 6.25. The molecule has 2 rings (SSSR count). The summed E-state index contributed by atoms with van der Waals surface area (Å²) in [5.74, 6) is 0.245. The molecule has 0 saturated heterocycles. The normalized spacial score (nSPS) is 12.0. The van der Waals surface area contributed by atoms with Crippen molar-refractivity contribution in [3.63, 3.8) is 0 Å². The first-order valence-corrected chi connectivity index (χ1v) is 8.97. The van der Waals surface area contributed by atoms with E-state index in [2.05, 4.69) is 19.1 Å². The third-order valence-electron chi connectivity index (χ3n) is 4.42. The van der Waals surface area contributed by atoms with Gasteiger partial charge in [0.2, 0.25) is 0 Å². The van der Waals surface area contributed by atoms with Crippen LogP contribution in [0.3, 0.4) is 0 Å². The van der Waals surface area contributed by atoms with Crippen molar-refractivity contribution in [3.8, 4) is 0 Å². The van der Waals surface area contributed by atoms with Gasteiger partial charge >= 0.3 is 0 Å². The first kappa shape index (κ1) is 17.5. The van der Waals surface area contributed by atoms with Crippen molar-refractivity contribution in [1.29, 1.82) is 0 Å². The molecule has 0 amide bonds.